The average Bonchev–Trinajstić information content (AvgIpc) is 3.00. The Kier molecular flexibility index (Phi) is 5.07. The van der Waals surface area contributed by atoms with Crippen LogP contribution >= 0.6 is 0 Å². The Morgan fingerprint density at radius 2 is 1.07 bits per heavy atom. The Balaban J connectivity index is 2.27. The fraction of sp³-hybridized carbons (Fsp3) is 0.222. The molecule has 12 heteroatoms. The molecule has 0 atom stereocenters. The molecule has 0 saturated carbocycles. The third-order valence-electron chi connectivity index (χ3n) is 4.24. The van der Waals surface area contributed by atoms with Crippen LogP contribution in [0.3, 0.4) is 0 Å². The van der Waals surface area contributed by atoms with Gasteiger partial charge in [0.05, 0.1) is 16.7 Å². The number of hydrogen-bond acceptors (Lipinski definition) is 2. The van der Waals surface area contributed by atoms with Gasteiger partial charge in [0.1, 0.15) is 0 Å². The van der Waals surface area contributed by atoms with Crippen LogP contribution in [0, 0.1) is 0 Å². The summed E-state index contributed by atoms with van der Waals surface area (Å²) in [5.41, 5.74) is -6.49. The van der Waals surface area contributed by atoms with Crippen LogP contribution in [-0.4, -0.2) is 14.8 Å². The van der Waals surface area contributed by atoms with E-state index >= 15 is 0 Å². The summed E-state index contributed by atoms with van der Waals surface area (Å²) in [5.74, 6) is -1.12. The summed E-state index contributed by atoms with van der Waals surface area (Å²) >= 11 is 0. The monoisotopic (exact) mass is 439 g/mol. The van der Waals surface area contributed by atoms with E-state index in [0.717, 1.165) is 41.9 Å². The van der Waals surface area contributed by atoms with Gasteiger partial charge in [-0.3, -0.25) is 0 Å². The number of nitrogens with zero attached hydrogens (tertiary/aromatic N) is 3. The SMILES string of the molecule is Cn1c(-c2ccccc2C(F)(F)F)nnc1-c1cccc(C(F)(F)F)c1C(F)(F)F. The van der Waals surface area contributed by atoms with Crippen LogP contribution in [0.2, 0.25) is 0 Å². The summed E-state index contributed by atoms with van der Waals surface area (Å²) in [7, 11) is 1.07. The van der Waals surface area contributed by atoms with Crippen LogP contribution in [0.4, 0.5) is 39.5 Å². The molecular formula is C18H10F9N3. The van der Waals surface area contributed by atoms with E-state index in [-0.39, 0.29) is 6.07 Å². The molecule has 0 unspecified atom stereocenters. The van der Waals surface area contributed by atoms with Crippen molar-refractivity contribution in [3.8, 4) is 22.8 Å². The van der Waals surface area contributed by atoms with Gasteiger partial charge < -0.3 is 4.57 Å². The molecule has 160 valence electrons. The Bertz CT molecular complexity index is 1080. The topological polar surface area (TPSA) is 30.7 Å². The van der Waals surface area contributed by atoms with Crippen molar-refractivity contribution >= 4 is 0 Å². The molecule has 0 N–H and O–H groups in total. The number of aromatic nitrogens is 3. The predicted molar refractivity (Wildman–Crippen MR) is 86.9 cm³/mol. The molecule has 0 aliphatic rings. The molecule has 0 saturated heterocycles. The third-order valence-corrected chi connectivity index (χ3v) is 4.24. The van der Waals surface area contributed by atoms with Crippen molar-refractivity contribution in [1.82, 2.24) is 14.8 Å². The number of rotatable bonds is 2. The first-order valence-corrected chi connectivity index (χ1v) is 8.06. The highest BCUT2D eigenvalue weighted by Crippen LogP contribution is 2.45. The van der Waals surface area contributed by atoms with E-state index in [0.29, 0.717) is 0 Å². The van der Waals surface area contributed by atoms with Crippen LogP contribution in [0.25, 0.3) is 22.8 Å². The standard InChI is InChI=1S/C18H10F9N3/c1-30-14(9-5-2-3-7-11(9)16(19,20)21)28-29-15(30)10-6-4-8-12(17(22,23)24)13(10)18(25,26)27/h2-8H,1H3. The lowest BCUT2D eigenvalue weighted by Gasteiger charge is -2.19. The molecular weight excluding hydrogens is 429 g/mol. The van der Waals surface area contributed by atoms with E-state index in [1.54, 1.807) is 0 Å². The maximum absolute atomic E-state index is 13.5. The van der Waals surface area contributed by atoms with Crippen molar-refractivity contribution in [3.05, 3.63) is 59.2 Å². The highest BCUT2D eigenvalue weighted by atomic mass is 19.4. The minimum atomic E-state index is -5.41. The van der Waals surface area contributed by atoms with Gasteiger partial charge in [0.2, 0.25) is 0 Å². The second-order valence-electron chi connectivity index (χ2n) is 6.17. The first-order chi connectivity index (χ1) is 13.7. The zero-order valence-electron chi connectivity index (χ0n) is 14.8. The lowest BCUT2D eigenvalue weighted by Crippen LogP contribution is -2.18. The average molecular weight is 439 g/mol. The van der Waals surface area contributed by atoms with Crippen molar-refractivity contribution in [2.75, 3.05) is 0 Å². The van der Waals surface area contributed by atoms with Crippen molar-refractivity contribution in [2.45, 2.75) is 18.5 Å². The number of halogens is 9. The molecule has 3 aromatic rings. The zero-order valence-corrected chi connectivity index (χ0v) is 14.8. The molecule has 0 bridgehead atoms. The number of alkyl halides is 9. The number of hydrogen-bond donors (Lipinski definition) is 0. The lowest BCUT2D eigenvalue weighted by atomic mass is 9.99. The summed E-state index contributed by atoms with van der Waals surface area (Å²) in [4.78, 5) is 0. The van der Waals surface area contributed by atoms with E-state index in [1.807, 2.05) is 0 Å². The van der Waals surface area contributed by atoms with E-state index in [4.69, 9.17) is 0 Å². The van der Waals surface area contributed by atoms with Crippen molar-refractivity contribution in [1.29, 1.82) is 0 Å². The van der Waals surface area contributed by atoms with Gasteiger partial charge in [0.15, 0.2) is 11.6 Å². The quantitative estimate of drug-likeness (QED) is 0.445. The summed E-state index contributed by atoms with van der Waals surface area (Å²) in [6.45, 7) is 0. The van der Waals surface area contributed by atoms with Crippen molar-refractivity contribution in [3.63, 3.8) is 0 Å². The molecule has 1 aromatic heterocycles. The Morgan fingerprint density at radius 3 is 1.60 bits per heavy atom. The lowest BCUT2D eigenvalue weighted by molar-refractivity contribution is -0.161. The molecule has 0 radical (unpaired) electrons. The molecule has 0 aliphatic heterocycles. The summed E-state index contributed by atoms with van der Waals surface area (Å²) < 4.78 is 121. The second-order valence-corrected chi connectivity index (χ2v) is 6.17. The minimum absolute atomic E-state index is 0.266. The van der Waals surface area contributed by atoms with Gasteiger partial charge in [-0.2, -0.15) is 39.5 Å². The zero-order chi connectivity index (χ0) is 22.5. The molecule has 0 amide bonds. The molecule has 3 rings (SSSR count). The van der Waals surface area contributed by atoms with Gasteiger partial charge >= 0.3 is 18.5 Å². The van der Waals surface area contributed by atoms with Crippen molar-refractivity contribution < 1.29 is 39.5 Å². The predicted octanol–water partition coefficient (Wildman–Crippen LogP) is 6.21. The maximum Gasteiger partial charge on any atom is 0.417 e. The molecule has 0 spiro atoms. The largest absolute Gasteiger partial charge is 0.417 e. The van der Waals surface area contributed by atoms with Crippen LogP contribution < -0.4 is 0 Å². The highest BCUT2D eigenvalue weighted by molar-refractivity contribution is 5.69. The van der Waals surface area contributed by atoms with Crippen LogP contribution in [0.5, 0.6) is 0 Å². The smallest absolute Gasteiger partial charge is 0.310 e. The summed E-state index contributed by atoms with van der Waals surface area (Å²) in [5, 5.41) is 6.98. The summed E-state index contributed by atoms with van der Waals surface area (Å²) in [6.07, 6.45) is -15.5. The second kappa shape index (κ2) is 7.03. The van der Waals surface area contributed by atoms with Gasteiger partial charge in [-0.1, -0.05) is 30.3 Å². The van der Waals surface area contributed by atoms with Crippen LogP contribution in [0.1, 0.15) is 16.7 Å². The Hall–Kier alpha value is -3.05. The van der Waals surface area contributed by atoms with Gasteiger partial charge in [-0.25, -0.2) is 0 Å². The first kappa shape index (κ1) is 21.7. The third kappa shape index (κ3) is 3.85. The Morgan fingerprint density at radius 1 is 0.600 bits per heavy atom. The molecule has 3 nitrogen and oxygen atoms in total. The van der Waals surface area contributed by atoms with E-state index in [2.05, 4.69) is 10.2 Å². The fourth-order valence-electron chi connectivity index (χ4n) is 3.00. The molecule has 1 heterocycles. The maximum atomic E-state index is 13.5. The van der Waals surface area contributed by atoms with E-state index in [1.165, 1.54) is 6.07 Å². The normalized spacial score (nSPS) is 13.0. The number of benzene rings is 2. The van der Waals surface area contributed by atoms with Gasteiger partial charge in [0.25, 0.3) is 0 Å². The van der Waals surface area contributed by atoms with E-state index < -0.39 is 58.0 Å². The van der Waals surface area contributed by atoms with Gasteiger partial charge in [-0.15, -0.1) is 10.2 Å². The highest BCUT2D eigenvalue weighted by Gasteiger charge is 2.45. The minimum Gasteiger partial charge on any atom is -0.310 e. The first-order valence-electron chi connectivity index (χ1n) is 8.06. The molecule has 0 aliphatic carbocycles. The van der Waals surface area contributed by atoms with Crippen molar-refractivity contribution in [2.24, 2.45) is 7.05 Å². The molecule has 2 aromatic carbocycles. The fourth-order valence-corrected chi connectivity index (χ4v) is 3.00. The molecule has 0 fully saturated rings. The Labute approximate surface area is 162 Å². The van der Waals surface area contributed by atoms with Crippen LogP contribution in [-0.2, 0) is 25.6 Å². The molecule has 30 heavy (non-hydrogen) atoms. The summed E-state index contributed by atoms with van der Waals surface area (Å²) in [6, 6.07) is 5.92. The van der Waals surface area contributed by atoms with Gasteiger partial charge in [0, 0.05) is 18.2 Å². The van der Waals surface area contributed by atoms with Crippen LogP contribution in [0.15, 0.2) is 42.5 Å². The van der Waals surface area contributed by atoms with Gasteiger partial charge in [-0.05, 0) is 12.1 Å². The van der Waals surface area contributed by atoms with E-state index in [9.17, 15) is 39.5 Å².